The van der Waals surface area contributed by atoms with Crippen LogP contribution in [0.5, 0.6) is 0 Å². The maximum atomic E-state index is 11.5. The molecule has 2 aromatic carbocycles. The molecule has 2 aromatic rings. The first kappa shape index (κ1) is 16.6. The largest absolute Gasteiger partial charge is 0.480 e. The first-order valence-electron chi connectivity index (χ1n) is 7.71. The Morgan fingerprint density at radius 1 is 1.05 bits per heavy atom. The van der Waals surface area contributed by atoms with Gasteiger partial charge in [-0.05, 0) is 42.5 Å². The minimum Gasteiger partial charge on any atom is -0.480 e. The third-order valence-corrected chi connectivity index (χ3v) is 4.76. The average molecular weight is 314 g/mol. The van der Waals surface area contributed by atoms with Crippen LogP contribution >= 0.6 is 11.8 Å². The summed E-state index contributed by atoms with van der Waals surface area (Å²) in [6.45, 7) is 2.19. The number of hydrogen-bond acceptors (Lipinski definition) is 2. The lowest BCUT2D eigenvalue weighted by atomic mass is 10.0. The molecule has 0 unspecified atom stereocenters. The molecule has 0 aromatic heterocycles. The Hall–Kier alpha value is -1.74. The molecule has 0 aliphatic rings. The van der Waals surface area contributed by atoms with Crippen molar-refractivity contribution in [2.75, 3.05) is 0 Å². The Morgan fingerprint density at radius 3 is 2.27 bits per heavy atom. The van der Waals surface area contributed by atoms with Gasteiger partial charge < -0.3 is 5.11 Å². The summed E-state index contributed by atoms with van der Waals surface area (Å²) in [7, 11) is 0. The van der Waals surface area contributed by atoms with E-state index in [1.165, 1.54) is 30.2 Å². The van der Waals surface area contributed by atoms with Crippen LogP contribution in [0.2, 0.25) is 0 Å². The van der Waals surface area contributed by atoms with Crippen LogP contribution in [-0.4, -0.2) is 16.3 Å². The SMILES string of the molecule is CCCCc1ccc(C[C@H](Sc2ccccc2)C(=O)O)cc1. The normalized spacial score (nSPS) is 12.0. The van der Waals surface area contributed by atoms with E-state index in [1.807, 2.05) is 30.3 Å². The van der Waals surface area contributed by atoms with Gasteiger partial charge in [0.1, 0.15) is 5.25 Å². The van der Waals surface area contributed by atoms with Gasteiger partial charge in [0, 0.05) is 4.90 Å². The maximum Gasteiger partial charge on any atom is 0.317 e. The Bertz CT molecular complexity index is 578. The highest BCUT2D eigenvalue weighted by Crippen LogP contribution is 2.26. The van der Waals surface area contributed by atoms with Crippen LogP contribution < -0.4 is 0 Å². The lowest BCUT2D eigenvalue weighted by molar-refractivity contribution is -0.136. The van der Waals surface area contributed by atoms with Crippen molar-refractivity contribution in [1.82, 2.24) is 0 Å². The summed E-state index contributed by atoms with van der Waals surface area (Å²) in [5, 5.41) is 8.99. The molecule has 0 aliphatic carbocycles. The van der Waals surface area contributed by atoms with E-state index in [4.69, 9.17) is 0 Å². The van der Waals surface area contributed by atoms with E-state index in [0.717, 1.165) is 16.9 Å². The van der Waals surface area contributed by atoms with Crippen molar-refractivity contribution in [2.45, 2.75) is 42.8 Å². The fraction of sp³-hybridized carbons (Fsp3) is 0.316. The molecule has 0 fully saturated rings. The Kier molecular flexibility index (Phi) is 6.53. The van der Waals surface area contributed by atoms with Crippen molar-refractivity contribution in [1.29, 1.82) is 0 Å². The van der Waals surface area contributed by atoms with Crippen LogP contribution in [0.3, 0.4) is 0 Å². The predicted molar refractivity (Wildman–Crippen MR) is 92.5 cm³/mol. The van der Waals surface area contributed by atoms with Crippen molar-refractivity contribution in [3.63, 3.8) is 0 Å². The zero-order valence-electron chi connectivity index (χ0n) is 12.9. The molecule has 116 valence electrons. The fourth-order valence-electron chi connectivity index (χ4n) is 2.28. The molecule has 0 saturated heterocycles. The Morgan fingerprint density at radius 2 is 1.68 bits per heavy atom. The molecule has 0 bridgehead atoms. The van der Waals surface area contributed by atoms with Gasteiger partial charge in [-0.1, -0.05) is 55.8 Å². The van der Waals surface area contributed by atoms with Gasteiger partial charge >= 0.3 is 5.97 Å². The molecule has 0 saturated carbocycles. The number of aryl methyl sites for hydroxylation is 1. The van der Waals surface area contributed by atoms with E-state index in [-0.39, 0.29) is 0 Å². The second kappa shape index (κ2) is 8.64. The summed E-state index contributed by atoms with van der Waals surface area (Å²) in [5.74, 6) is -0.760. The Balaban J connectivity index is 2.00. The minimum atomic E-state index is -0.760. The molecule has 1 N–H and O–H groups in total. The molecular formula is C19H22O2S. The van der Waals surface area contributed by atoms with E-state index >= 15 is 0 Å². The van der Waals surface area contributed by atoms with E-state index in [2.05, 4.69) is 31.2 Å². The topological polar surface area (TPSA) is 37.3 Å². The summed E-state index contributed by atoms with van der Waals surface area (Å²) in [6.07, 6.45) is 4.03. The lowest BCUT2D eigenvalue weighted by Crippen LogP contribution is -2.19. The first-order valence-corrected chi connectivity index (χ1v) is 8.59. The molecule has 0 amide bonds. The summed E-state index contributed by atoms with van der Waals surface area (Å²) in [4.78, 5) is 12.5. The monoisotopic (exact) mass is 314 g/mol. The van der Waals surface area contributed by atoms with Crippen molar-refractivity contribution >= 4 is 17.7 Å². The van der Waals surface area contributed by atoms with Gasteiger partial charge in [-0.2, -0.15) is 0 Å². The fourth-order valence-corrected chi connectivity index (χ4v) is 3.30. The van der Waals surface area contributed by atoms with Crippen molar-refractivity contribution < 1.29 is 9.90 Å². The molecule has 0 aliphatic heterocycles. The standard InChI is InChI=1S/C19H22O2S/c1-2-3-7-15-10-12-16(13-11-15)14-18(19(20)21)22-17-8-5-4-6-9-17/h4-6,8-13,18H,2-3,7,14H2,1H3,(H,20,21)/t18-/m0/s1. The number of carboxylic acids is 1. The number of aliphatic carboxylic acids is 1. The molecule has 2 nitrogen and oxygen atoms in total. The molecule has 22 heavy (non-hydrogen) atoms. The van der Waals surface area contributed by atoms with E-state index in [9.17, 15) is 9.90 Å². The highest BCUT2D eigenvalue weighted by atomic mass is 32.2. The van der Waals surface area contributed by atoms with Gasteiger partial charge in [-0.3, -0.25) is 4.79 Å². The number of carbonyl (C=O) groups is 1. The van der Waals surface area contributed by atoms with Crippen LogP contribution in [0.25, 0.3) is 0 Å². The molecule has 1 atom stereocenters. The number of carboxylic acid groups (broad SMARTS) is 1. The second-order valence-corrected chi connectivity index (χ2v) is 6.66. The zero-order chi connectivity index (χ0) is 15.8. The van der Waals surface area contributed by atoms with Crippen LogP contribution in [0, 0.1) is 0 Å². The van der Waals surface area contributed by atoms with Gasteiger partial charge in [-0.15, -0.1) is 11.8 Å². The maximum absolute atomic E-state index is 11.5. The van der Waals surface area contributed by atoms with E-state index < -0.39 is 11.2 Å². The van der Waals surface area contributed by atoms with Gasteiger partial charge in [0.15, 0.2) is 0 Å². The van der Waals surface area contributed by atoms with Crippen molar-refractivity contribution in [3.8, 4) is 0 Å². The van der Waals surface area contributed by atoms with E-state index in [0.29, 0.717) is 6.42 Å². The smallest absolute Gasteiger partial charge is 0.317 e. The number of rotatable bonds is 8. The van der Waals surface area contributed by atoms with E-state index in [1.54, 1.807) is 0 Å². The number of thioether (sulfide) groups is 1. The van der Waals surface area contributed by atoms with Gasteiger partial charge in [0.25, 0.3) is 0 Å². The quantitative estimate of drug-likeness (QED) is 0.710. The predicted octanol–water partition coefficient (Wildman–Crippen LogP) is 4.82. The lowest BCUT2D eigenvalue weighted by Gasteiger charge is -2.12. The van der Waals surface area contributed by atoms with Crippen LogP contribution in [-0.2, 0) is 17.6 Å². The van der Waals surface area contributed by atoms with Crippen LogP contribution in [0.1, 0.15) is 30.9 Å². The molecule has 0 radical (unpaired) electrons. The third kappa shape index (κ3) is 5.23. The van der Waals surface area contributed by atoms with Crippen molar-refractivity contribution in [2.24, 2.45) is 0 Å². The zero-order valence-corrected chi connectivity index (χ0v) is 13.7. The number of unbranched alkanes of at least 4 members (excludes halogenated alkanes) is 1. The van der Waals surface area contributed by atoms with Crippen LogP contribution in [0.4, 0.5) is 0 Å². The van der Waals surface area contributed by atoms with Crippen molar-refractivity contribution in [3.05, 3.63) is 65.7 Å². The van der Waals surface area contributed by atoms with Gasteiger partial charge in [0.05, 0.1) is 0 Å². The molecule has 3 heteroatoms. The number of benzene rings is 2. The minimum absolute atomic E-state index is 0.455. The van der Waals surface area contributed by atoms with Gasteiger partial charge in [-0.25, -0.2) is 0 Å². The molecule has 0 spiro atoms. The molecule has 2 rings (SSSR count). The highest BCUT2D eigenvalue weighted by molar-refractivity contribution is 8.00. The van der Waals surface area contributed by atoms with Gasteiger partial charge in [0.2, 0.25) is 0 Å². The summed E-state index contributed by atoms with van der Waals surface area (Å²) < 4.78 is 0. The first-order chi connectivity index (χ1) is 10.7. The van der Waals surface area contributed by atoms with Crippen LogP contribution in [0.15, 0.2) is 59.5 Å². The summed E-state index contributed by atoms with van der Waals surface area (Å²) in [5.41, 5.74) is 2.41. The summed E-state index contributed by atoms with van der Waals surface area (Å²) in [6, 6.07) is 18.1. The number of hydrogen-bond donors (Lipinski definition) is 1. The Labute approximate surface area is 136 Å². The summed E-state index contributed by atoms with van der Waals surface area (Å²) >= 11 is 1.41. The molecular weight excluding hydrogens is 292 g/mol. The molecule has 0 heterocycles. The highest BCUT2D eigenvalue weighted by Gasteiger charge is 2.19. The second-order valence-electron chi connectivity index (χ2n) is 5.38. The average Bonchev–Trinajstić information content (AvgIpc) is 2.54. The third-order valence-electron chi connectivity index (χ3n) is 3.56.